The molecule has 2 aromatic rings. The van der Waals surface area contributed by atoms with Crippen LogP contribution in [0, 0.1) is 5.41 Å². The smallest absolute Gasteiger partial charge is 0.0704 e. The molecule has 0 aliphatic carbocycles. The molecule has 1 fully saturated rings. The molecule has 1 saturated heterocycles. The van der Waals surface area contributed by atoms with Gasteiger partial charge in [-0.05, 0) is 42.0 Å². The zero-order valence-corrected chi connectivity index (χ0v) is 16.0. The fraction of sp³-hybridized carbons (Fsp3) is 0.278. The summed E-state index contributed by atoms with van der Waals surface area (Å²) in [4.78, 5) is 3.43. The first kappa shape index (κ1) is 18.5. The molecule has 2 aromatic carbocycles. The van der Waals surface area contributed by atoms with Gasteiger partial charge in [-0.3, -0.25) is 5.84 Å². The number of benzene rings is 2. The molecule has 0 saturated carbocycles. The van der Waals surface area contributed by atoms with Gasteiger partial charge in [-0.15, -0.1) is 11.8 Å². The molecule has 25 heavy (non-hydrogen) atoms. The van der Waals surface area contributed by atoms with Crippen molar-refractivity contribution in [3.63, 3.8) is 0 Å². The number of anilines is 1. The number of nitrogens with one attached hydrogen (secondary N) is 1. The average molecular weight is 395 g/mol. The summed E-state index contributed by atoms with van der Waals surface area (Å²) in [5.74, 6) is 5.81. The maximum atomic E-state index is 7.76. The summed E-state index contributed by atoms with van der Waals surface area (Å²) in [6.45, 7) is 3.63. The number of nitrogens with two attached hydrogens (primary N) is 1. The van der Waals surface area contributed by atoms with E-state index in [1.807, 2.05) is 11.1 Å². The molecule has 1 atom stereocenters. The van der Waals surface area contributed by atoms with Crippen LogP contribution in [0.1, 0.15) is 10.8 Å². The minimum absolute atomic E-state index is 0.142. The predicted molar refractivity (Wildman–Crippen MR) is 108 cm³/mol. The molecule has 132 valence electrons. The van der Waals surface area contributed by atoms with Crippen molar-refractivity contribution < 1.29 is 0 Å². The topological polar surface area (TPSA) is 56.4 Å². The van der Waals surface area contributed by atoms with E-state index in [1.54, 1.807) is 23.9 Å². The second-order valence-electron chi connectivity index (χ2n) is 5.89. The number of hydrazine groups is 1. The Kier molecular flexibility index (Phi) is 6.25. The Bertz CT molecular complexity index is 730. The highest BCUT2D eigenvalue weighted by molar-refractivity contribution is 8.00. The third-order valence-electron chi connectivity index (χ3n) is 4.20. The Balaban J connectivity index is 1.70. The maximum Gasteiger partial charge on any atom is 0.0704 e. The lowest BCUT2D eigenvalue weighted by molar-refractivity contribution is 0.266. The van der Waals surface area contributed by atoms with Gasteiger partial charge in [-0.25, -0.2) is 5.01 Å². The van der Waals surface area contributed by atoms with Gasteiger partial charge in [0.25, 0.3) is 0 Å². The van der Waals surface area contributed by atoms with Gasteiger partial charge in [-0.1, -0.05) is 29.3 Å². The van der Waals surface area contributed by atoms with Crippen molar-refractivity contribution in [2.75, 3.05) is 31.1 Å². The number of nitrogens with zero attached hydrogens (tertiary/aromatic N) is 2. The van der Waals surface area contributed by atoms with Crippen molar-refractivity contribution in [1.82, 2.24) is 5.01 Å². The summed E-state index contributed by atoms with van der Waals surface area (Å²) >= 11 is 13.8. The van der Waals surface area contributed by atoms with Crippen LogP contribution in [0.4, 0.5) is 5.69 Å². The molecule has 0 amide bonds. The summed E-state index contributed by atoms with van der Waals surface area (Å²) in [5.41, 5.74) is 2.10. The van der Waals surface area contributed by atoms with Crippen LogP contribution < -0.4 is 10.7 Å². The zero-order valence-electron chi connectivity index (χ0n) is 13.7. The van der Waals surface area contributed by atoms with Crippen LogP contribution in [0.25, 0.3) is 0 Å². The normalized spacial score (nSPS) is 16.7. The van der Waals surface area contributed by atoms with Gasteiger partial charge >= 0.3 is 0 Å². The van der Waals surface area contributed by atoms with Crippen LogP contribution in [-0.2, 0) is 0 Å². The van der Waals surface area contributed by atoms with Gasteiger partial charge in [0.05, 0.1) is 5.25 Å². The average Bonchev–Trinajstić information content (AvgIpc) is 2.61. The van der Waals surface area contributed by atoms with Crippen LogP contribution in [0.5, 0.6) is 0 Å². The minimum atomic E-state index is -0.142. The third kappa shape index (κ3) is 4.68. The molecule has 1 unspecified atom stereocenters. The van der Waals surface area contributed by atoms with E-state index in [-0.39, 0.29) is 5.25 Å². The highest BCUT2D eigenvalue weighted by atomic mass is 35.5. The lowest BCUT2D eigenvalue weighted by atomic mass is 10.1. The Morgan fingerprint density at radius 3 is 2.32 bits per heavy atom. The number of thioether (sulfide) groups is 1. The molecule has 0 spiro atoms. The molecular formula is C18H20Cl2N4S. The number of hydrogen-bond donors (Lipinski definition) is 2. The second kappa shape index (κ2) is 8.43. The first-order valence-corrected chi connectivity index (χ1v) is 9.67. The molecule has 3 N–H and O–H groups in total. The van der Waals surface area contributed by atoms with Gasteiger partial charge in [0.1, 0.15) is 0 Å². The maximum absolute atomic E-state index is 7.76. The fourth-order valence-corrected chi connectivity index (χ4v) is 4.36. The van der Waals surface area contributed by atoms with Crippen LogP contribution in [0.2, 0.25) is 10.0 Å². The molecule has 1 aliphatic heterocycles. The van der Waals surface area contributed by atoms with Crippen molar-refractivity contribution in [2.24, 2.45) is 5.84 Å². The van der Waals surface area contributed by atoms with Crippen molar-refractivity contribution >= 4 is 46.9 Å². The van der Waals surface area contributed by atoms with Crippen LogP contribution >= 0.6 is 35.0 Å². The Hall–Kier alpha value is -1.24. The molecule has 4 nitrogen and oxygen atoms in total. The van der Waals surface area contributed by atoms with Crippen molar-refractivity contribution in [2.45, 2.75) is 10.1 Å². The van der Waals surface area contributed by atoms with Gasteiger partial charge < -0.3 is 10.3 Å². The number of hydrogen-bond acceptors (Lipinski definition) is 5. The predicted octanol–water partition coefficient (Wildman–Crippen LogP) is 4.47. The number of rotatable bonds is 5. The lowest BCUT2D eigenvalue weighted by Gasteiger charge is -2.33. The largest absolute Gasteiger partial charge is 0.369 e. The molecule has 3 rings (SSSR count). The summed E-state index contributed by atoms with van der Waals surface area (Å²) in [6, 6.07) is 13.8. The highest BCUT2D eigenvalue weighted by Crippen LogP contribution is 2.38. The van der Waals surface area contributed by atoms with Gasteiger partial charge in [0.15, 0.2) is 0 Å². The van der Waals surface area contributed by atoms with Crippen LogP contribution in [0.3, 0.4) is 0 Å². The van der Waals surface area contributed by atoms with E-state index < -0.39 is 0 Å². The van der Waals surface area contributed by atoms with E-state index in [0.29, 0.717) is 10.0 Å². The molecule has 0 radical (unpaired) electrons. The monoisotopic (exact) mass is 394 g/mol. The SMILES string of the molecule is N=CC(Sc1ccc(N2CCN(N)CC2)cc1)c1ccc(Cl)cc1Cl. The minimum Gasteiger partial charge on any atom is -0.369 e. The first-order chi connectivity index (χ1) is 12.1. The molecule has 1 heterocycles. The van der Waals surface area contributed by atoms with Crippen LogP contribution in [-0.4, -0.2) is 37.4 Å². The Labute approximate surface area is 162 Å². The Morgan fingerprint density at radius 1 is 1.04 bits per heavy atom. The Morgan fingerprint density at radius 2 is 1.72 bits per heavy atom. The third-order valence-corrected chi connectivity index (χ3v) is 5.95. The molecule has 0 aromatic heterocycles. The highest BCUT2D eigenvalue weighted by Gasteiger charge is 2.16. The summed E-state index contributed by atoms with van der Waals surface area (Å²) in [6.07, 6.45) is 1.41. The number of halogens is 2. The van der Waals surface area contributed by atoms with E-state index in [9.17, 15) is 0 Å². The van der Waals surface area contributed by atoms with Crippen molar-refractivity contribution in [3.05, 3.63) is 58.1 Å². The summed E-state index contributed by atoms with van der Waals surface area (Å²) < 4.78 is 0. The molecule has 1 aliphatic rings. The van der Waals surface area contributed by atoms with Gasteiger partial charge in [0, 0.05) is 53.0 Å². The van der Waals surface area contributed by atoms with E-state index in [1.165, 1.54) is 11.9 Å². The van der Waals surface area contributed by atoms with Crippen molar-refractivity contribution in [1.29, 1.82) is 5.41 Å². The van der Waals surface area contributed by atoms with Gasteiger partial charge in [-0.2, -0.15) is 0 Å². The summed E-state index contributed by atoms with van der Waals surface area (Å²) in [7, 11) is 0. The fourth-order valence-electron chi connectivity index (χ4n) is 2.78. The number of piperazine rings is 1. The second-order valence-corrected chi connectivity index (χ2v) is 7.95. The molecular weight excluding hydrogens is 375 g/mol. The van der Waals surface area contributed by atoms with Gasteiger partial charge in [0.2, 0.25) is 0 Å². The van der Waals surface area contributed by atoms with Crippen molar-refractivity contribution in [3.8, 4) is 0 Å². The summed E-state index contributed by atoms with van der Waals surface area (Å²) in [5, 5.41) is 10.7. The van der Waals surface area contributed by atoms with E-state index in [0.717, 1.165) is 36.6 Å². The standard InChI is InChI=1S/C18H20Cl2N4S/c19-13-1-6-16(17(20)11-13)18(12-21)25-15-4-2-14(3-5-15)23-7-9-24(22)10-8-23/h1-6,11-12,18,21H,7-10,22H2. The lowest BCUT2D eigenvalue weighted by Crippen LogP contribution is -2.49. The van der Waals surface area contributed by atoms with E-state index >= 15 is 0 Å². The van der Waals surface area contributed by atoms with E-state index in [4.69, 9.17) is 34.5 Å². The quantitative estimate of drug-likeness (QED) is 0.446. The molecule has 7 heteroatoms. The molecule has 0 bridgehead atoms. The first-order valence-electron chi connectivity index (χ1n) is 8.03. The van der Waals surface area contributed by atoms with Crippen LogP contribution in [0.15, 0.2) is 47.4 Å². The zero-order chi connectivity index (χ0) is 17.8. The van der Waals surface area contributed by atoms with E-state index in [2.05, 4.69) is 29.2 Å².